The Morgan fingerprint density at radius 2 is 2.10 bits per heavy atom. The van der Waals surface area contributed by atoms with E-state index in [1.165, 1.54) is 0 Å². The van der Waals surface area contributed by atoms with Crippen molar-refractivity contribution in [1.82, 2.24) is 14.5 Å². The Bertz CT molecular complexity index is 1250. The Labute approximate surface area is 178 Å². The number of pyridine rings is 1. The van der Waals surface area contributed by atoms with Gasteiger partial charge in [0.25, 0.3) is 5.56 Å². The minimum Gasteiger partial charge on any atom is -0.481 e. The van der Waals surface area contributed by atoms with Crippen LogP contribution in [0.1, 0.15) is 32.3 Å². The molecule has 3 heterocycles. The molecule has 0 amide bonds. The van der Waals surface area contributed by atoms with E-state index in [0.29, 0.717) is 40.8 Å². The Morgan fingerprint density at radius 3 is 2.87 bits per heavy atom. The summed E-state index contributed by atoms with van der Waals surface area (Å²) < 4.78 is 7.14. The molecule has 0 radical (unpaired) electrons. The minimum atomic E-state index is -0.176. The summed E-state index contributed by atoms with van der Waals surface area (Å²) >= 11 is 6.63. The van der Waals surface area contributed by atoms with Crippen LogP contribution in [0.2, 0.25) is 5.02 Å². The maximum Gasteiger partial charge on any atom is 0.260 e. The number of allylic oxidation sites excluding steroid dienone is 1. The summed E-state index contributed by atoms with van der Waals surface area (Å²) in [4.78, 5) is 26.0. The lowest BCUT2D eigenvalue weighted by Gasteiger charge is -2.14. The number of nitrogen functional groups attached to an aromatic ring is 1. The van der Waals surface area contributed by atoms with Gasteiger partial charge in [0.1, 0.15) is 5.65 Å². The number of benzene rings is 1. The lowest BCUT2D eigenvalue weighted by Crippen LogP contribution is -2.22. The number of aliphatic imine (C=N–C) groups is 1. The Hall–Kier alpha value is -3.19. The first kappa shape index (κ1) is 20.1. The molecule has 0 fully saturated rings. The number of rotatable bonds is 3. The summed E-state index contributed by atoms with van der Waals surface area (Å²) in [5.41, 5.74) is 8.87. The van der Waals surface area contributed by atoms with Crippen LogP contribution in [0, 0.1) is 0 Å². The van der Waals surface area contributed by atoms with Crippen LogP contribution < -0.4 is 11.3 Å². The monoisotopic (exact) mass is 423 g/mol. The average molecular weight is 424 g/mol. The standard InChI is InChI=1S/C22H22ClN5O2/c1-3-28-20-15(12-25-22(24)27-20)10-17(21(28)29)16-8-7-14(11-18(16)23)19-6-4-5-9-30-13(2)26-19/h6-8,10-12H,3-5,9H2,1-2H3,(H2,24,25,27). The van der Waals surface area contributed by atoms with Crippen LogP contribution in [-0.4, -0.2) is 27.0 Å². The number of aromatic nitrogens is 3. The van der Waals surface area contributed by atoms with E-state index < -0.39 is 0 Å². The molecule has 1 aliphatic rings. The third kappa shape index (κ3) is 3.80. The molecule has 0 spiro atoms. The number of hydrogen-bond acceptors (Lipinski definition) is 6. The normalized spacial score (nSPS) is 14.5. The first-order valence-corrected chi connectivity index (χ1v) is 10.2. The highest BCUT2D eigenvalue weighted by Crippen LogP contribution is 2.31. The third-order valence-corrected chi connectivity index (χ3v) is 5.30. The largest absolute Gasteiger partial charge is 0.481 e. The van der Waals surface area contributed by atoms with E-state index in [4.69, 9.17) is 22.1 Å². The number of aryl methyl sites for hydroxylation is 1. The molecule has 1 aliphatic heterocycles. The van der Waals surface area contributed by atoms with Crippen molar-refractivity contribution in [2.75, 3.05) is 12.3 Å². The highest BCUT2D eigenvalue weighted by molar-refractivity contribution is 6.33. The molecule has 2 aromatic heterocycles. The summed E-state index contributed by atoms with van der Waals surface area (Å²) in [5, 5.41) is 1.19. The minimum absolute atomic E-state index is 0.131. The van der Waals surface area contributed by atoms with Gasteiger partial charge in [-0.1, -0.05) is 29.8 Å². The first-order chi connectivity index (χ1) is 14.5. The summed E-state index contributed by atoms with van der Waals surface area (Å²) in [7, 11) is 0. The molecule has 2 N–H and O–H groups in total. The molecule has 154 valence electrons. The molecule has 8 heteroatoms. The topological polar surface area (TPSA) is 95.4 Å². The maximum absolute atomic E-state index is 13.1. The van der Waals surface area contributed by atoms with Gasteiger partial charge in [-0.15, -0.1) is 0 Å². The summed E-state index contributed by atoms with van der Waals surface area (Å²) in [6.07, 6.45) is 5.51. The second-order valence-corrected chi connectivity index (χ2v) is 7.43. The molecule has 30 heavy (non-hydrogen) atoms. The molecule has 7 nitrogen and oxygen atoms in total. The van der Waals surface area contributed by atoms with Gasteiger partial charge in [0.2, 0.25) is 5.95 Å². The number of nitrogens with two attached hydrogens (primary N) is 1. The van der Waals surface area contributed by atoms with Gasteiger partial charge in [0.05, 0.1) is 12.3 Å². The fourth-order valence-corrected chi connectivity index (χ4v) is 3.81. The van der Waals surface area contributed by atoms with E-state index in [2.05, 4.69) is 21.0 Å². The van der Waals surface area contributed by atoms with E-state index in [-0.39, 0.29) is 11.5 Å². The van der Waals surface area contributed by atoms with Crippen LogP contribution in [0.4, 0.5) is 5.95 Å². The van der Waals surface area contributed by atoms with Crippen LogP contribution in [0.5, 0.6) is 0 Å². The number of nitrogens with zero attached hydrogens (tertiary/aromatic N) is 4. The Kier molecular flexibility index (Phi) is 5.55. The number of hydrogen-bond donors (Lipinski definition) is 1. The van der Waals surface area contributed by atoms with E-state index in [1.54, 1.807) is 16.8 Å². The van der Waals surface area contributed by atoms with Gasteiger partial charge in [-0.05, 0) is 31.9 Å². The van der Waals surface area contributed by atoms with E-state index in [0.717, 1.165) is 29.5 Å². The Morgan fingerprint density at radius 1 is 1.27 bits per heavy atom. The molecule has 1 aromatic carbocycles. The molecule has 0 saturated carbocycles. The smallest absolute Gasteiger partial charge is 0.260 e. The molecule has 0 bridgehead atoms. The van der Waals surface area contributed by atoms with Crippen molar-refractivity contribution in [2.45, 2.75) is 33.2 Å². The van der Waals surface area contributed by atoms with Crippen molar-refractivity contribution < 1.29 is 4.74 Å². The van der Waals surface area contributed by atoms with Crippen molar-refractivity contribution in [2.24, 2.45) is 4.99 Å². The predicted molar refractivity (Wildman–Crippen MR) is 121 cm³/mol. The first-order valence-electron chi connectivity index (χ1n) is 9.82. The molecule has 0 aliphatic carbocycles. The number of fused-ring (bicyclic) bond motifs is 1. The van der Waals surface area contributed by atoms with Crippen LogP contribution in [0.15, 0.2) is 46.3 Å². The molecule has 0 atom stereocenters. The van der Waals surface area contributed by atoms with Crippen molar-refractivity contribution >= 4 is 40.2 Å². The van der Waals surface area contributed by atoms with Gasteiger partial charge in [-0.3, -0.25) is 9.36 Å². The highest BCUT2D eigenvalue weighted by Gasteiger charge is 2.16. The average Bonchev–Trinajstić information content (AvgIpc) is 2.70. The van der Waals surface area contributed by atoms with Crippen molar-refractivity contribution in [3.05, 3.63) is 57.5 Å². The van der Waals surface area contributed by atoms with Crippen molar-refractivity contribution in [3.63, 3.8) is 0 Å². The van der Waals surface area contributed by atoms with Crippen LogP contribution in [0.3, 0.4) is 0 Å². The summed E-state index contributed by atoms with van der Waals surface area (Å²) in [5.74, 6) is 0.757. The zero-order valence-corrected chi connectivity index (χ0v) is 17.6. The summed E-state index contributed by atoms with van der Waals surface area (Å²) in [6.45, 7) is 4.85. The summed E-state index contributed by atoms with van der Waals surface area (Å²) in [6, 6.07) is 7.37. The van der Waals surface area contributed by atoms with E-state index in [9.17, 15) is 4.79 Å². The van der Waals surface area contributed by atoms with Gasteiger partial charge >= 0.3 is 0 Å². The second-order valence-electron chi connectivity index (χ2n) is 7.02. The van der Waals surface area contributed by atoms with Gasteiger partial charge in [-0.25, -0.2) is 9.98 Å². The maximum atomic E-state index is 13.1. The molecular formula is C22H22ClN5O2. The van der Waals surface area contributed by atoms with Crippen molar-refractivity contribution in [1.29, 1.82) is 0 Å². The van der Waals surface area contributed by atoms with Gasteiger partial charge in [0.15, 0.2) is 5.90 Å². The molecule has 4 rings (SSSR count). The fraction of sp³-hybridized carbons (Fsp3) is 0.273. The number of anilines is 1. The van der Waals surface area contributed by atoms with Gasteiger partial charge in [-0.2, -0.15) is 4.98 Å². The highest BCUT2D eigenvalue weighted by atomic mass is 35.5. The van der Waals surface area contributed by atoms with E-state index >= 15 is 0 Å². The number of ether oxygens (including phenoxy) is 1. The quantitative estimate of drug-likeness (QED) is 0.678. The Balaban J connectivity index is 1.83. The SMILES string of the molecule is CCn1c(=O)c(-c2ccc(C3=CCCCOC(C)=N3)cc2Cl)cc2cnc(N)nc21. The lowest BCUT2D eigenvalue weighted by molar-refractivity contribution is 0.296. The third-order valence-electron chi connectivity index (χ3n) is 4.99. The van der Waals surface area contributed by atoms with Crippen LogP contribution >= 0.6 is 11.6 Å². The predicted octanol–water partition coefficient (Wildman–Crippen LogP) is 4.28. The van der Waals surface area contributed by atoms with Crippen LogP contribution in [-0.2, 0) is 11.3 Å². The fourth-order valence-electron chi connectivity index (χ4n) is 3.52. The zero-order valence-electron chi connectivity index (χ0n) is 16.9. The van der Waals surface area contributed by atoms with Crippen LogP contribution in [0.25, 0.3) is 27.9 Å². The van der Waals surface area contributed by atoms with Crippen molar-refractivity contribution in [3.8, 4) is 11.1 Å². The molecule has 0 unspecified atom stereocenters. The zero-order chi connectivity index (χ0) is 21.3. The number of halogens is 1. The van der Waals surface area contributed by atoms with Gasteiger partial charge < -0.3 is 10.5 Å². The molecule has 3 aromatic rings. The van der Waals surface area contributed by atoms with E-state index in [1.807, 2.05) is 32.0 Å². The lowest BCUT2D eigenvalue weighted by atomic mass is 10.0. The molecule has 0 saturated heterocycles. The second kappa shape index (κ2) is 8.28. The van der Waals surface area contributed by atoms with Gasteiger partial charge in [0, 0.05) is 46.8 Å². The molecular weight excluding hydrogens is 402 g/mol.